The molecule has 150 valence electrons. The fraction of sp³-hybridized carbons (Fsp3) is 0.182. The van der Waals surface area contributed by atoms with Gasteiger partial charge in [0.1, 0.15) is 7.21 Å². The molecule has 0 aromatic heterocycles. The first-order valence-electron chi connectivity index (χ1n) is 9.51. The first-order chi connectivity index (χ1) is 14.1. The molecule has 7 heteroatoms. The molecule has 1 saturated heterocycles. The zero-order valence-corrected chi connectivity index (χ0v) is 17.7. The van der Waals surface area contributed by atoms with Crippen molar-refractivity contribution in [1.82, 2.24) is 4.67 Å². The normalized spacial score (nSPS) is 15.7. The van der Waals surface area contributed by atoms with Crippen LogP contribution >= 0.6 is 7.21 Å². The number of morpholine rings is 1. The molecule has 0 spiro atoms. The van der Waals surface area contributed by atoms with Crippen molar-refractivity contribution in [3.05, 3.63) is 91.0 Å². The standard InChI is InChI=1S/C22H23N2O3PS/c25-29(26,22-14-8-3-9-15-22)23-28(20-10-4-1-5-11-20,21-12-6-2-7-13-21)24-16-18-27-19-17-24/h1-15H,16-19H2. The van der Waals surface area contributed by atoms with Crippen molar-refractivity contribution in [2.45, 2.75) is 4.90 Å². The molecular weight excluding hydrogens is 403 g/mol. The molecule has 5 nitrogen and oxygen atoms in total. The molecule has 1 heterocycles. The van der Waals surface area contributed by atoms with Gasteiger partial charge in [-0.3, -0.25) is 4.67 Å². The second-order valence-electron chi connectivity index (χ2n) is 6.71. The monoisotopic (exact) mass is 426 g/mol. The van der Waals surface area contributed by atoms with Crippen molar-refractivity contribution in [3.8, 4) is 0 Å². The van der Waals surface area contributed by atoms with Gasteiger partial charge in [0.2, 0.25) is 0 Å². The molecule has 0 atom stereocenters. The zero-order chi connectivity index (χ0) is 20.2. The quantitative estimate of drug-likeness (QED) is 0.586. The van der Waals surface area contributed by atoms with Gasteiger partial charge in [-0.05, 0) is 12.1 Å². The Bertz CT molecular complexity index is 1060. The van der Waals surface area contributed by atoms with Crippen molar-refractivity contribution in [3.63, 3.8) is 0 Å². The average Bonchev–Trinajstić information content (AvgIpc) is 2.80. The van der Waals surface area contributed by atoms with E-state index < -0.39 is 17.2 Å². The third kappa shape index (κ3) is 4.07. The Balaban J connectivity index is 2.05. The van der Waals surface area contributed by atoms with Crippen LogP contribution in [0.3, 0.4) is 0 Å². The Kier molecular flexibility index (Phi) is 5.97. The van der Waals surface area contributed by atoms with Crippen LogP contribution in [0.25, 0.3) is 0 Å². The van der Waals surface area contributed by atoms with Crippen molar-refractivity contribution in [2.75, 3.05) is 26.3 Å². The fourth-order valence-electron chi connectivity index (χ4n) is 3.53. The summed E-state index contributed by atoms with van der Waals surface area (Å²) in [4.78, 5) is 0.212. The number of ether oxygens (including phenoxy) is 1. The molecule has 0 amide bonds. The van der Waals surface area contributed by atoms with Gasteiger partial charge in [-0.1, -0.05) is 78.9 Å². The summed E-state index contributed by atoms with van der Waals surface area (Å²) in [7, 11) is -6.64. The van der Waals surface area contributed by atoms with E-state index in [1.54, 1.807) is 30.3 Å². The minimum Gasteiger partial charge on any atom is -0.379 e. The molecule has 3 aromatic carbocycles. The molecule has 4 rings (SSSR count). The SMILES string of the molecule is O=S(=O)(N=P(c1ccccc1)(c1ccccc1)N1CCOCC1)c1ccccc1. The Morgan fingerprint density at radius 1 is 0.724 bits per heavy atom. The largest absolute Gasteiger partial charge is 0.379 e. The van der Waals surface area contributed by atoms with Gasteiger partial charge in [-0.25, -0.2) is 0 Å². The first-order valence-corrected chi connectivity index (χ1v) is 12.6. The van der Waals surface area contributed by atoms with Gasteiger partial charge in [0, 0.05) is 23.7 Å². The zero-order valence-electron chi connectivity index (χ0n) is 16.0. The summed E-state index contributed by atoms with van der Waals surface area (Å²) in [5, 5.41) is 1.85. The van der Waals surface area contributed by atoms with E-state index in [-0.39, 0.29) is 4.90 Å². The summed E-state index contributed by atoms with van der Waals surface area (Å²) in [5.41, 5.74) is 0. The van der Waals surface area contributed by atoms with Gasteiger partial charge in [0.25, 0.3) is 10.0 Å². The van der Waals surface area contributed by atoms with Gasteiger partial charge < -0.3 is 4.74 Å². The minimum absolute atomic E-state index is 0.212. The molecule has 0 saturated carbocycles. The number of rotatable bonds is 5. The lowest BCUT2D eigenvalue weighted by Crippen LogP contribution is -2.40. The second kappa shape index (κ2) is 8.64. The molecule has 0 aliphatic carbocycles. The van der Waals surface area contributed by atoms with E-state index in [9.17, 15) is 8.42 Å². The maximum atomic E-state index is 13.4. The van der Waals surface area contributed by atoms with Crippen molar-refractivity contribution < 1.29 is 13.2 Å². The van der Waals surface area contributed by atoms with Gasteiger partial charge >= 0.3 is 0 Å². The van der Waals surface area contributed by atoms with E-state index in [0.717, 1.165) is 10.6 Å². The summed E-state index contributed by atoms with van der Waals surface area (Å²) in [5.74, 6) is 0. The Morgan fingerprint density at radius 3 is 1.66 bits per heavy atom. The van der Waals surface area contributed by atoms with E-state index in [2.05, 4.69) is 4.67 Å². The van der Waals surface area contributed by atoms with Crippen molar-refractivity contribution in [1.29, 1.82) is 0 Å². The van der Waals surface area contributed by atoms with Crippen LogP contribution in [-0.4, -0.2) is 39.4 Å². The molecule has 0 bridgehead atoms. The predicted molar refractivity (Wildman–Crippen MR) is 118 cm³/mol. The van der Waals surface area contributed by atoms with Crippen LogP contribution in [0.5, 0.6) is 0 Å². The third-order valence-corrected chi connectivity index (χ3v) is 10.8. The lowest BCUT2D eigenvalue weighted by Gasteiger charge is -2.39. The highest BCUT2D eigenvalue weighted by molar-refractivity contribution is 7.96. The van der Waals surface area contributed by atoms with E-state index >= 15 is 0 Å². The Hall–Kier alpha value is -2.24. The molecule has 0 radical (unpaired) electrons. The van der Waals surface area contributed by atoms with Gasteiger partial charge in [-0.15, -0.1) is 0 Å². The van der Waals surface area contributed by atoms with Gasteiger partial charge in [-0.2, -0.15) is 12.6 Å². The van der Waals surface area contributed by atoms with Gasteiger partial charge in [0.05, 0.1) is 18.1 Å². The third-order valence-electron chi connectivity index (χ3n) is 4.90. The lowest BCUT2D eigenvalue weighted by atomic mass is 10.4. The second-order valence-corrected chi connectivity index (χ2v) is 11.6. The van der Waals surface area contributed by atoms with Crippen LogP contribution in [0.2, 0.25) is 0 Å². The van der Waals surface area contributed by atoms with E-state index in [4.69, 9.17) is 8.89 Å². The van der Waals surface area contributed by atoms with Crippen molar-refractivity contribution in [2.24, 2.45) is 4.15 Å². The van der Waals surface area contributed by atoms with E-state index in [0.29, 0.717) is 26.3 Å². The topological polar surface area (TPSA) is 59.0 Å². The highest BCUT2D eigenvalue weighted by atomic mass is 32.2. The molecule has 0 N–H and O–H groups in total. The molecule has 1 aliphatic heterocycles. The number of benzene rings is 3. The fourth-order valence-corrected chi connectivity index (χ4v) is 9.69. The number of nitrogens with zero attached hydrogens (tertiary/aromatic N) is 2. The summed E-state index contributed by atoms with van der Waals surface area (Å²) in [6.45, 7) is 2.38. The Morgan fingerprint density at radius 2 is 1.17 bits per heavy atom. The predicted octanol–water partition coefficient (Wildman–Crippen LogP) is 3.47. The highest BCUT2D eigenvalue weighted by Crippen LogP contribution is 2.52. The van der Waals surface area contributed by atoms with Crippen LogP contribution in [0.1, 0.15) is 0 Å². The molecular formula is C22H23N2O3PS. The highest BCUT2D eigenvalue weighted by Gasteiger charge is 2.36. The van der Waals surface area contributed by atoms with Crippen LogP contribution in [0.4, 0.5) is 0 Å². The molecule has 1 fully saturated rings. The first kappa shape index (κ1) is 20.0. The van der Waals surface area contributed by atoms with Crippen molar-refractivity contribution >= 4 is 27.8 Å². The molecule has 29 heavy (non-hydrogen) atoms. The smallest absolute Gasteiger partial charge is 0.282 e. The summed E-state index contributed by atoms with van der Waals surface area (Å²) >= 11 is 0. The maximum absolute atomic E-state index is 13.4. The summed E-state index contributed by atoms with van der Waals surface area (Å²) in [6, 6.07) is 28.0. The average molecular weight is 426 g/mol. The molecule has 0 unspecified atom stereocenters. The van der Waals surface area contributed by atoms with Crippen LogP contribution in [0.15, 0.2) is 100 Å². The number of hydrogen-bond donors (Lipinski definition) is 0. The lowest BCUT2D eigenvalue weighted by molar-refractivity contribution is 0.0750. The Labute approximate surface area is 172 Å². The van der Waals surface area contributed by atoms with E-state index in [1.807, 2.05) is 60.7 Å². The maximum Gasteiger partial charge on any atom is 0.282 e. The minimum atomic E-state index is -3.87. The van der Waals surface area contributed by atoms with Crippen LogP contribution in [0, 0.1) is 0 Å². The summed E-state index contributed by atoms with van der Waals surface area (Å²) in [6.07, 6.45) is 0. The molecule has 1 aliphatic rings. The number of hydrogen-bond acceptors (Lipinski definition) is 3. The van der Waals surface area contributed by atoms with Gasteiger partial charge in [0.15, 0.2) is 0 Å². The van der Waals surface area contributed by atoms with Crippen LogP contribution in [-0.2, 0) is 14.8 Å². The number of sulfonamides is 1. The molecule has 3 aromatic rings. The van der Waals surface area contributed by atoms with E-state index in [1.165, 1.54) is 0 Å². The summed E-state index contributed by atoms with van der Waals surface area (Å²) < 4.78 is 39.4. The van der Waals surface area contributed by atoms with Crippen LogP contribution < -0.4 is 10.6 Å².